The number of benzene rings is 2. The second kappa shape index (κ2) is 7.02. The summed E-state index contributed by atoms with van der Waals surface area (Å²) in [6, 6.07) is 9.57. The molecule has 0 bridgehead atoms. The Hall–Kier alpha value is -2.73. The zero-order chi connectivity index (χ0) is 17.0. The molecule has 0 saturated carbocycles. The number of methoxy groups -OCH3 is 1. The number of rotatable bonds is 4. The topological polar surface area (TPSA) is 91.2 Å². The Kier molecular flexibility index (Phi) is 5.08. The van der Waals surface area contributed by atoms with Gasteiger partial charge in [0.2, 0.25) is 5.75 Å². The van der Waals surface area contributed by atoms with Crippen molar-refractivity contribution in [2.24, 2.45) is 5.10 Å². The van der Waals surface area contributed by atoms with Crippen LogP contribution in [0.2, 0.25) is 5.02 Å². The Morgan fingerprint density at radius 2 is 1.83 bits per heavy atom. The summed E-state index contributed by atoms with van der Waals surface area (Å²) >= 11 is 5.93. The van der Waals surface area contributed by atoms with Gasteiger partial charge in [0.25, 0.3) is 5.91 Å². The van der Waals surface area contributed by atoms with Gasteiger partial charge in [-0.05, 0) is 31.2 Å². The molecule has 0 aromatic heterocycles. The number of amides is 1. The van der Waals surface area contributed by atoms with Gasteiger partial charge in [-0.3, -0.25) is 4.79 Å². The second-order valence-corrected chi connectivity index (χ2v) is 5.04. The molecule has 2 aromatic rings. The molecule has 2 aromatic carbocycles. The number of ether oxygens (including phenoxy) is 1. The number of hydrogen-bond donors (Lipinski definition) is 3. The summed E-state index contributed by atoms with van der Waals surface area (Å²) in [5.74, 6) is -1.11. The molecule has 0 saturated heterocycles. The fourth-order valence-electron chi connectivity index (χ4n) is 1.92. The van der Waals surface area contributed by atoms with Crippen molar-refractivity contribution < 1.29 is 19.7 Å². The third-order valence-corrected chi connectivity index (χ3v) is 3.50. The Balaban J connectivity index is 2.23. The van der Waals surface area contributed by atoms with Gasteiger partial charge in [0, 0.05) is 5.56 Å². The smallest absolute Gasteiger partial charge is 0.272 e. The van der Waals surface area contributed by atoms with Crippen molar-refractivity contribution in [1.29, 1.82) is 0 Å². The normalized spacial score (nSPS) is 11.2. The van der Waals surface area contributed by atoms with Crippen LogP contribution in [-0.2, 0) is 0 Å². The quantitative estimate of drug-likeness (QED) is 0.455. The third-order valence-electron chi connectivity index (χ3n) is 3.17. The van der Waals surface area contributed by atoms with E-state index in [2.05, 4.69) is 10.5 Å². The first-order valence-corrected chi connectivity index (χ1v) is 7.02. The van der Waals surface area contributed by atoms with E-state index < -0.39 is 11.7 Å². The number of phenols is 2. The van der Waals surface area contributed by atoms with Gasteiger partial charge < -0.3 is 14.9 Å². The highest BCUT2D eigenvalue weighted by molar-refractivity contribution is 6.33. The first-order chi connectivity index (χ1) is 11.0. The maximum Gasteiger partial charge on any atom is 0.272 e. The number of hydrogen-bond acceptors (Lipinski definition) is 5. The number of phenolic OH excluding ortho intramolecular Hbond substituents is 2. The highest BCUT2D eigenvalue weighted by Crippen LogP contribution is 2.37. The lowest BCUT2D eigenvalue weighted by atomic mass is 10.1. The fourth-order valence-corrected chi connectivity index (χ4v) is 2.14. The van der Waals surface area contributed by atoms with Crippen LogP contribution in [0.5, 0.6) is 17.2 Å². The number of aromatic hydroxyl groups is 2. The predicted molar refractivity (Wildman–Crippen MR) is 87.5 cm³/mol. The van der Waals surface area contributed by atoms with Crippen molar-refractivity contribution in [3.05, 3.63) is 52.5 Å². The van der Waals surface area contributed by atoms with Gasteiger partial charge in [0.15, 0.2) is 11.5 Å². The van der Waals surface area contributed by atoms with E-state index in [0.29, 0.717) is 10.7 Å². The molecule has 0 fully saturated rings. The molecule has 0 radical (unpaired) electrons. The minimum absolute atomic E-state index is 0.138. The molecule has 0 spiro atoms. The highest BCUT2D eigenvalue weighted by Gasteiger charge is 2.15. The molecule has 23 heavy (non-hydrogen) atoms. The van der Waals surface area contributed by atoms with Gasteiger partial charge >= 0.3 is 0 Å². The minimum Gasteiger partial charge on any atom is -0.504 e. The van der Waals surface area contributed by atoms with Crippen LogP contribution in [0.15, 0.2) is 41.5 Å². The Labute approximate surface area is 138 Å². The maximum absolute atomic E-state index is 12.0. The Bertz CT molecular complexity index is 775. The van der Waals surface area contributed by atoms with Crippen LogP contribution in [0.3, 0.4) is 0 Å². The molecule has 0 aliphatic carbocycles. The van der Waals surface area contributed by atoms with Gasteiger partial charge in [-0.2, -0.15) is 5.10 Å². The van der Waals surface area contributed by atoms with Crippen molar-refractivity contribution in [2.75, 3.05) is 7.11 Å². The third kappa shape index (κ3) is 3.54. The summed E-state index contributed by atoms with van der Waals surface area (Å²) in [7, 11) is 1.37. The lowest BCUT2D eigenvalue weighted by Crippen LogP contribution is -2.19. The fraction of sp³-hybridized carbons (Fsp3) is 0.125. The largest absolute Gasteiger partial charge is 0.504 e. The van der Waals surface area contributed by atoms with Crippen LogP contribution < -0.4 is 10.2 Å². The zero-order valence-electron chi connectivity index (χ0n) is 12.5. The van der Waals surface area contributed by atoms with Crippen molar-refractivity contribution in [3.8, 4) is 17.2 Å². The molecule has 3 N–H and O–H groups in total. The number of nitrogens with zero attached hydrogens (tertiary/aromatic N) is 1. The van der Waals surface area contributed by atoms with Crippen molar-refractivity contribution >= 4 is 23.2 Å². The Morgan fingerprint density at radius 3 is 2.48 bits per heavy atom. The van der Waals surface area contributed by atoms with Gasteiger partial charge in [0.1, 0.15) is 0 Å². The van der Waals surface area contributed by atoms with Crippen LogP contribution in [0.4, 0.5) is 0 Å². The molecule has 0 aliphatic rings. The molecule has 1 amide bonds. The average molecular weight is 335 g/mol. The summed E-state index contributed by atoms with van der Waals surface area (Å²) in [5.41, 5.74) is 3.21. The van der Waals surface area contributed by atoms with E-state index in [4.69, 9.17) is 16.3 Å². The second-order valence-electron chi connectivity index (χ2n) is 4.63. The van der Waals surface area contributed by atoms with Crippen LogP contribution in [-0.4, -0.2) is 28.9 Å². The molecule has 0 atom stereocenters. The van der Waals surface area contributed by atoms with E-state index in [1.807, 2.05) is 0 Å². The summed E-state index contributed by atoms with van der Waals surface area (Å²) in [6.45, 7) is 1.58. The molecule has 120 valence electrons. The van der Waals surface area contributed by atoms with Crippen molar-refractivity contribution in [3.63, 3.8) is 0 Å². The lowest BCUT2D eigenvalue weighted by molar-refractivity contribution is 0.0955. The summed E-state index contributed by atoms with van der Waals surface area (Å²) in [6.07, 6.45) is 0. The number of nitrogens with one attached hydrogen (secondary N) is 1. The van der Waals surface area contributed by atoms with Gasteiger partial charge in [-0.25, -0.2) is 5.43 Å². The lowest BCUT2D eigenvalue weighted by Gasteiger charge is -2.10. The van der Waals surface area contributed by atoms with Crippen LogP contribution in [0, 0.1) is 0 Å². The predicted octanol–water partition coefficient (Wildman–Crippen LogP) is 2.91. The molecule has 0 unspecified atom stereocenters. The van der Waals surface area contributed by atoms with Crippen molar-refractivity contribution in [1.82, 2.24) is 5.43 Å². The molecule has 7 heteroatoms. The van der Waals surface area contributed by atoms with Gasteiger partial charge in [-0.1, -0.05) is 23.7 Å². The monoisotopic (exact) mass is 334 g/mol. The average Bonchev–Trinajstić information content (AvgIpc) is 2.55. The number of hydrazone groups is 1. The standard InChI is InChI=1S/C16H15ClN2O4/c1-9(10-7-8-13(23-2)15(21)14(10)20)18-19-16(22)11-5-3-4-6-12(11)17/h3-8,20-21H,1-2H3,(H,19,22)/b18-9+. The van der Waals surface area contributed by atoms with E-state index in [1.165, 1.54) is 19.2 Å². The molecule has 6 nitrogen and oxygen atoms in total. The van der Waals surface area contributed by atoms with E-state index in [-0.39, 0.29) is 22.6 Å². The van der Waals surface area contributed by atoms with E-state index in [0.717, 1.165) is 0 Å². The maximum atomic E-state index is 12.0. The molecule has 0 heterocycles. The molecular formula is C16H15ClN2O4. The molecular weight excluding hydrogens is 320 g/mol. The van der Waals surface area contributed by atoms with E-state index in [9.17, 15) is 15.0 Å². The van der Waals surface area contributed by atoms with Crippen LogP contribution in [0.1, 0.15) is 22.8 Å². The Morgan fingerprint density at radius 1 is 1.13 bits per heavy atom. The summed E-state index contributed by atoms with van der Waals surface area (Å²) in [5, 5.41) is 24.0. The first kappa shape index (κ1) is 16.6. The van der Waals surface area contributed by atoms with E-state index >= 15 is 0 Å². The van der Waals surface area contributed by atoms with Crippen LogP contribution in [0.25, 0.3) is 0 Å². The zero-order valence-corrected chi connectivity index (χ0v) is 13.3. The van der Waals surface area contributed by atoms with Gasteiger partial charge in [-0.15, -0.1) is 0 Å². The molecule has 0 aliphatic heterocycles. The summed E-state index contributed by atoms with van der Waals surface area (Å²) in [4.78, 5) is 12.0. The number of carbonyl (C=O) groups excluding carboxylic acids is 1. The SMILES string of the molecule is COc1ccc(/C(C)=N/NC(=O)c2ccccc2Cl)c(O)c1O. The summed E-state index contributed by atoms with van der Waals surface area (Å²) < 4.78 is 4.90. The van der Waals surface area contributed by atoms with Crippen molar-refractivity contribution in [2.45, 2.75) is 6.92 Å². The van der Waals surface area contributed by atoms with Crippen LogP contribution >= 0.6 is 11.6 Å². The number of carbonyl (C=O) groups is 1. The van der Waals surface area contributed by atoms with Gasteiger partial charge in [0.05, 0.1) is 23.4 Å². The van der Waals surface area contributed by atoms with E-state index in [1.54, 1.807) is 31.2 Å². The molecule has 2 rings (SSSR count). The highest BCUT2D eigenvalue weighted by atomic mass is 35.5. The first-order valence-electron chi connectivity index (χ1n) is 6.64. The minimum atomic E-state index is -0.479. The number of halogens is 1.